The number of nitrogens with zero attached hydrogens (tertiary/aromatic N) is 3. The SMILES string of the molecule is COc1cc(OCCCCCCN2CCN(c3ccncc3)C2=O)cc(OC)c1OC. The van der Waals surface area contributed by atoms with Gasteiger partial charge >= 0.3 is 6.03 Å². The first-order chi connectivity index (χ1) is 15.2. The van der Waals surface area contributed by atoms with E-state index in [1.54, 1.807) is 45.9 Å². The zero-order chi connectivity index (χ0) is 22.1. The molecule has 1 aromatic heterocycles. The number of ether oxygens (including phenoxy) is 4. The molecule has 8 heteroatoms. The molecule has 1 aromatic carbocycles. The summed E-state index contributed by atoms with van der Waals surface area (Å²) in [5.41, 5.74) is 0.909. The van der Waals surface area contributed by atoms with Crippen molar-refractivity contribution in [3.8, 4) is 23.0 Å². The number of benzene rings is 1. The van der Waals surface area contributed by atoms with Gasteiger partial charge in [-0.2, -0.15) is 0 Å². The van der Waals surface area contributed by atoms with E-state index in [9.17, 15) is 4.79 Å². The molecule has 2 aromatic rings. The van der Waals surface area contributed by atoms with E-state index in [1.165, 1.54) is 0 Å². The highest BCUT2D eigenvalue weighted by atomic mass is 16.5. The van der Waals surface area contributed by atoms with E-state index in [2.05, 4.69) is 4.98 Å². The van der Waals surface area contributed by atoms with Gasteiger partial charge in [-0.3, -0.25) is 9.88 Å². The van der Waals surface area contributed by atoms with Gasteiger partial charge in [0.05, 0.1) is 27.9 Å². The average Bonchev–Trinajstić information content (AvgIpc) is 3.18. The van der Waals surface area contributed by atoms with E-state index in [1.807, 2.05) is 21.9 Å². The first-order valence-electron chi connectivity index (χ1n) is 10.6. The molecule has 0 atom stereocenters. The van der Waals surface area contributed by atoms with Crippen LogP contribution < -0.4 is 23.8 Å². The molecule has 0 N–H and O–H groups in total. The molecule has 1 fully saturated rings. The quantitative estimate of drug-likeness (QED) is 0.475. The van der Waals surface area contributed by atoms with Crippen molar-refractivity contribution in [2.24, 2.45) is 0 Å². The minimum atomic E-state index is 0.0805. The van der Waals surface area contributed by atoms with Crippen molar-refractivity contribution in [3.05, 3.63) is 36.7 Å². The number of carbonyl (C=O) groups is 1. The van der Waals surface area contributed by atoms with Crippen LogP contribution in [0.1, 0.15) is 25.7 Å². The molecule has 168 valence electrons. The fraction of sp³-hybridized carbons (Fsp3) is 0.478. The molecule has 0 spiro atoms. The molecule has 2 heterocycles. The Morgan fingerprint density at radius 3 is 2.23 bits per heavy atom. The predicted octanol–water partition coefficient (Wildman–Crippen LogP) is 3.99. The van der Waals surface area contributed by atoms with E-state index >= 15 is 0 Å². The van der Waals surface area contributed by atoms with Gasteiger partial charge in [0.2, 0.25) is 5.75 Å². The molecule has 0 aliphatic carbocycles. The lowest BCUT2D eigenvalue weighted by molar-refractivity contribution is 0.219. The maximum absolute atomic E-state index is 12.6. The van der Waals surface area contributed by atoms with Gasteiger partial charge in [0, 0.05) is 49.8 Å². The molecule has 8 nitrogen and oxygen atoms in total. The number of amides is 2. The van der Waals surface area contributed by atoms with Crippen LogP contribution in [0.5, 0.6) is 23.0 Å². The monoisotopic (exact) mass is 429 g/mol. The summed E-state index contributed by atoms with van der Waals surface area (Å²) in [6.45, 7) is 2.89. The Bertz CT molecular complexity index is 821. The Labute approximate surface area is 183 Å². The third-order valence-electron chi connectivity index (χ3n) is 5.30. The predicted molar refractivity (Wildman–Crippen MR) is 119 cm³/mol. The van der Waals surface area contributed by atoms with Crippen molar-refractivity contribution in [2.75, 3.05) is 52.5 Å². The van der Waals surface area contributed by atoms with Gasteiger partial charge in [0.25, 0.3) is 0 Å². The summed E-state index contributed by atoms with van der Waals surface area (Å²) in [7, 11) is 4.75. The molecule has 0 radical (unpaired) electrons. The fourth-order valence-electron chi connectivity index (χ4n) is 3.64. The maximum atomic E-state index is 12.6. The number of rotatable bonds is 12. The standard InChI is InChI=1S/C23H31N3O5/c1-28-20-16-19(17-21(29-2)22(20)30-3)31-15-7-5-4-6-12-25-13-14-26(23(25)27)18-8-10-24-11-9-18/h8-11,16-17H,4-7,12-15H2,1-3H3. The third kappa shape index (κ3) is 5.71. The number of aromatic nitrogens is 1. The van der Waals surface area contributed by atoms with Crippen LogP contribution in [0.25, 0.3) is 0 Å². The summed E-state index contributed by atoms with van der Waals surface area (Å²) >= 11 is 0. The second-order valence-corrected chi connectivity index (χ2v) is 7.25. The number of hydrogen-bond acceptors (Lipinski definition) is 6. The smallest absolute Gasteiger partial charge is 0.324 e. The Balaban J connectivity index is 1.35. The lowest BCUT2D eigenvalue weighted by Crippen LogP contribution is -2.32. The molecule has 2 amide bonds. The highest BCUT2D eigenvalue weighted by molar-refractivity contribution is 5.93. The number of unbranched alkanes of at least 4 members (excludes halogenated alkanes) is 3. The normalized spacial score (nSPS) is 13.5. The summed E-state index contributed by atoms with van der Waals surface area (Å²) in [4.78, 5) is 20.3. The largest absolute Gasteiger partial charge is 0.493 e. The summed E-state index contributed by atoms with van der Waals surface area (Å²) in [5, 5.41) is 0. The highest BCUT2D eigenvalue weighted by Crippen LogP contribution is 2.40. The van der Waals surface area contributed by atoms with Crippen LogP contribution in [-0.4, -0.2) is 63.5 Å². The summed E-state index contributed by atoms with van der Waals surface area (Å²) in [6.07, 6.45) is 7.45. The van der Waals surface area contributed by atoms with Gasteiger partial charge in [-0.1, -0.05) is 12.8 Å². The van der Waals surface area contributed by atoms with E-state index in [4.69, 9.17) is 18.9 Å². The number of anilines is 1. The topological polar surface area (TPSA) is 73.4 Å². The van der Waals surface area contributed by atoms with Crippen LogP contribution in [0.2, 0.25) is 0 Å². The minimum Gasteiger partial charge on any atom is -0.493 e. The molecule has 31 heavy (non-hydrogen) atoms. The Morgan fingerprint density at radius 1 is 0.903 bits per heavy atom. The lowest BCUT2D eigenvalue weighted by atomic mass is 10.2. The second-order valence-electron chi connectivity index (χ2n) is 7.25. The Hall–Kier alpha value is -3.16. The van der Waals surface area contributed by atoms with Crippen molar-refractivity contribution in [1.82, 2.24) is 9.88 Å². The van der Waals surface area contributed by atoms with Crippen LogP contribution in [0.15, 0.2) is 36.7 Å². The zero-order valence-electron chi connectivity index (χ0n) is 18.5. The van der Waals surface area contributed by atoms with E-state index in [0.717, 1.165) is 51.0 Å². The summed E-state index contributed by atoms with van der Waals surface area (Å²) in [5.74, 6) is 2.39. The maximum Gasteiger partial charge on any atom is 0.324 e. The molecule has 0 bridgehead atoms. The zero-order valence-corrected chi connectivity index (χ0v) is 18.5. The first-order valence-corrected chi connectivity index (χ1v) is 10.6. The van der Waals surface area contributed by atoms with Gasteiger partial charge in [0.1, 0.15) is 5.75 Å². The Morgan fingerprint density at radius 2 is 1.58 bits per heavy atom. The number of hydrogen-bond donors (Lipinski definition) is 0. The molecule has 1 aliphatic rings. The number of pyridine rings is 1. The highest BCUT2D eigenvalue weighted by Gasteiger charge is 2.28. The minimum absolute atomic E-state index is 0.0805. The van der Waals surface area contributed by atoms with Gasteiger partial charge in [-0.05, 0) is 25.0 Å². The molecule has 0 saturated carbocycles. The van der Waals surface area contributed by atoms with Crippen molar-refractivity contribution in [1.29, 1.82) is 0 Å². The van der Waals surface area contributed by atoms with E-state index in [0.29, 0.717) is 29.6 Å². The van der Waals surface area contributed by atoms with Gasteiger partial charge in [-0.15, -0.1) is 0 Å². The van der Waals surface area contributed by atoms with E-state index in [-0.39, 0.29) is 6.03 Å². The second kappa shape index (κ2) is 11.3. The molecule has 3 rings (SSSR count). The Kier molecular flexibility index (Phi) is 8.20. The third-order valence-corrected chi connectivity index (χ3v) is 5.30. The number of urea groups is 1. The van der Waals surface area contributed by atoms with Gasteiger partial charge < -0.3 is 23.8 Å². The van der Waals surface area contributed by atoms with Gasteiger partial charge in [-0.25, -0.2) is 4.79 Å². The molecular weight excluding hydrogens is 398 g/mol. The fourth-order valence-corrected chi connectivity index (χ4v) is 3.64. The summed E-state index contributed by atoms with van der Waals surface area (Å²) < 4.78 is 21.9. The van der Waals surface area contributed by atoms with Crippen molar-refractivity contribution >= 4 is 11.7 Å². The van der Waals surface area contributed by atoms with Crippen molar-refractivity contribution in [3.63, 3.8) is 0 Å². The molecule has 1 aliphatic heterocycles. The lowest BCUT2D eigenvalue weighted by Gasteiger charge is -2.18. The molecule has 1 saturated heterocycles. The van der Waals surface area contributed by atoms with E-state index < -0.39 is 0 Å². The van der Waals surface area contributed by atoms with Crippen LogP contribution in [0, 0.1) is 0 Å². The molecular formula is C23H31N3O5. The van der Waals surface area contributed by atoms with Crippen LogP contribution in [-0.2, 0) is 0 Å². The summed E-state index contributed by atoms with van der Waals surface area (Å²) in [6, 6.07) is 7.42. The van der Waals surface area contributed by atoms with Crippen LogP contribution >= 0.6 is 0 Å². The van der Waals surface area contributed by atoms with Crippen molar-refractivity contribution < 1.29 is 23.7 Å². The van der Waals surface area contributed by atoms with Gasteiger partial charge in [0.15, 0.2) is 11.5 Å². The van der Waals surface area contributed by atoms with Crippen molar-refractivity contribution in [2.45, 2.75) is 25.7 Å². The van der Waals surface area contributed by atoms with Crippen LogP contribution in [0.4, 0.5) is 10.5 Å². The number of methoxy groups -OCH3 is 3. The molecule has 0 unspecified atom stereocenters. The average molecular weight is 430 g/mol. The first kappa shape index (κ1) is 22.5. The number of carbonyl (C=O) groups excluding carboxylic acids is 1. The van der Waals surface area contributed by atoms with Crippen LogP contribution in [0.3, 0.4) is 0 Å².